The fraction of sp³-hybridized carbons (Fsp3) is 0.286. The lowest BCUT2D eigenvalue weighted by Crippen LogP contribution is -1.99. The van der Waals surface area contributed by atoms with Crippen molar-refractivity contribution in [3.63, 3.8) is 0 Å². The fourth-order valence-corrected chi connectivity index (χ4v) is 1.13. The van der Waals surface area contributed by atoms with E-state index < -0.39 is 0 Å². The maximum Gasteiger partial charge on any atom is 0.338 e. The SMILES string of the molecule is CCCC=C=CC(=O)OCc1ccccc1. The third-order valence-corrected chi connectivity index (χ3v) is 1.98. The van der Waals surface area contributed by atoms with Crippen molar-refractivity contribution in [1.29, 1.82) is 0 Å². The van der Waals surface area contributed by atoms with Gasteiger partial charge in [0.1, 0.15) is 6.61 Å². The van der Waals surface area contributed by atoms with Gasteiger partial charge in [0.15, 0.2) is 0 Å². The lowest BCUT2D eigenvalue weighted by Gasteiger charge is -2.00. The minimum absolute atomic E-state index is 0.311. The van der Waals surface area contributed by atoms with E-state index in [0.29, 0.717) is 6.61 Å². The average molecular weight is 216 g/mol. The van der Waals surface area contributed by atoms with Crippen LogP contribution in [0.4, 0.5) is 0 Å². The van der Waals surface area contributed by atoms with Gasteiger partial charge in [-0.05, 0) is 18.1 Å². The van der Waals surface area contributed by atoms with Gasteiger partial charge in [-0.1, -0.05) is 43.7 Å². The van der Waals surface area contributed by atoms with Crippen LogP contribution in [0, 0.1) is 0 Å². The standard InChI is InChI=1S/C14H16O2/c1-2-3-4-8-11-14(15)16-12-13-9-6-5-7-10-13/h4-7,9-11H,2-3,12H2,1H3. The highest BCUT2D eigenvalue weighted by Gasteiger charge is 1.96. The van der Waals surface area contributed by atoms with E-state index in [1.807, 2.05) is 36.4 Å². The Bertz CT molecular complexity index is 373. The highest BCUT2D eigenvalue weighted by atomic mass is 16.5. The number of esters is 1. The predicted molar refractivity (Wildman–Crippen MR) is 63.8 cm³/mol. The van der Waals surface area contributed by atoms with E-state index >= 15 is 0 Å². The van der Waals surface area contributed by atoms with Gasteiger partial charge in [0, 0.05) is 0 Å². The zero-order chi connectivity index (χ0) is 11.6. The molecule has 16 heavy (non-hydrogen) atoms. The summed E-state index contributed by atoms with van der Waals surface area (Å²) in [7, 11) is 0. The Balaban J connectivity index is 2.33. The van der Waals surface area contributed by atoms with Crippen LogP contribution in [0.3, 0.4) is 0 Å². The van der Waals surface area contributed by atoms with Crippen LogP contribution in [0.1, 0.15) is 25.3 Å². The summed E-state index contributed by atoms with van der Waals surface area (Å²) >= 11 is 0. The number of hydrogen-bond acceptors (Lipinski definition) is 2. The van der Waals surface area contributed by atoms with E-state index in [0.717, 1.165) is 18.4 Å². The molecule has 0 N–H and O–H groups in total. The number of unbranched alkanes of at least 4 members (excludes halogenated alkanes) is 1. The van der Waals surface area contributed by atoms with Gasteiger partial charge in [0.25, 0.3) is 0 Å². The van der Waals surface area contributed by atoms with E-state index in [2.05, 4.69) is 12.7 Å². The first-order valence-corrected chi connectivity index (χ1v) is 5.44. The minimum atomic E-state index is -0.351. The number of carbonyl (C=O) groups excluding carboxylic acids is 1. The number of ether oxygens (including phenoxy) is 1. The first kappa shape index (κ1) is 12.3. The molecular formula is C14H16O2. The molecule has 0 aliphatic rings. The van der Waals surface area contributed by atoms with Crippen molar-refractivity contribution in [1.82, 2.24) is 0 Å². The normalized spacial score (nSPS) is 9.06. The topological polar surface area (TPSA) is 26.3 Å². The second-order valence-electron chi connectivity index (χ2n) is 3.40. The molecule has 0 atom stereocenters. The van der Waals surface area contributed by atoms with Crippen molar-refractivity contribution in [2.24, 2.45) is 0 Å². The van der Waals surface area contributed by atoms with Crippen molar-refractivity contribution in [2.45, 2.75) is 26.4 Å². The quantitative estimate of drug-likeness (QED) is 0.429. The molecule has 0 heterocycles. The Kier molecular flexibility index (Phi) is 5.75. The second-order valence-corrected chi connectivity index (χ2v) is 3.40. The summed E-state index contributed by atoms with van der Waals surface area (Å²) in [5, 5.41) is 0. The molecule has 0 aliphatic heterocycles. The van der Waals surface area contributed by atoms with Crippen LogP contribution >= 0.6 is 0 Å². The third-order valence-electron chi connectivity index (χ3n) is 1.98. The fourth-order valence-electron chi connectivity index (χ4n) is 1.13. The molecule has 0 amide bonds. The first-order valence-electron chi connectivity index (χ1n) is 5.44. The molecule has 0 spiro atoms. The minimum Gasteiger partial charge on any atom is -0.457 e. The van der Waals surface area contributed by atoms with Crippen molar-refractivity contribution < 1.29 is 9.53 Å². The van der Waals surface area contributed by atoms with Crippen LogP contribution in [0.2, 0.25) is 0 Å². The molecular weight excluding hydrogens is 200 g/mol. The molecule has 0 radical (unpaired) electrons. The molecule has 0 aliphatic carbocycles. The monoisotopic (exact) mass is 216 g/mol. The largest absolute Gasteiger partial charge is 0.457 e. The number of benzene rings is 1. The Morgan fingerprint density at radius 2 is 2.12 bits per heavy atom. The Hall–Kier alpha value is -1.79. The summed E-state index contributed by atoms with van der Waals surface area (Å²) in [4.78, 5) is 11.2. The van der Waals surface area contributed by atoms with Gasteiger partial charge in [-0.2, -0.15) is 0 Å². The number of rotatable bonds is 5. The molecule has 2 nitrogen and oxygen atoms in total. The summed E-state index contributed by atoms with van der Waals surface area (Å²) in [6.07, 6.45) is 5.16. The molecule has 84 valence electrons. The van der Waals surface area contributed by atoms with E-state index in [4.69, 9.17) is 4.74 Å². The summed E-state index contributed by atoms with van der Waals surface area (Å²) in [6.45, 7) is 2.39. The predicted octanol–water partition coefficient (Wildman–Crippen LogP) is 3.24. The summed E-state index contributed by atoms with van der Waals surface area (Å²) in [6, 6.07) is 9.60. The van der Waals surface area contributed by atoms with Gasteiger partial charge in [-0.25, -0.2) is 4.79 Å². The molecule has 2 heteroatoms. The van der Waals surface area contributed by atoms with Crippen LogP contribution in [-0.2, 0) is 16.1 Å². The maximum absolute atomic E-state index is 11.2. The molecule has 1 rings (SSSR count). The van der Waals surface area contributed by atoms with E-state index in [1.165, 1.54) is 6.08 Å². The van der Waals surface area contributed by atoms with Crippen molar-refractivity contribution in [3.05, 3.63) is 53.8 Å². The molecule has 1 aromatic rings. The van der Waals surface area contributed by atoms with Crippen molar-refractivity contribution in [2.75, 3.05) is 0 Å². The highest BCUT2D eigenvalue weighted by Crippen LogP contribution is 2.00. The van der Waals surface area contributed by atoms with Gasteiger partial charge >= 0.3 is 5.97 Å². The Labute approximate surface area is 96.2 Å². The molecule has 0 aromatic heterocycles. The van der Waals surface area contributed by atoms with Gasteiger partial charge in [-0.3, -0.25) is 0 Å². The van der Waals surface area contributed by atoms with Gasteiger partial charge in [0.05, 0.1) is 6.08 Å². The Morgan fingerprint density at radius 1 is 1.38 bits per heavy atom. The van der Waals surface area contributed by atoms with E-state index in [1.54, 1.807) is 0 Å². The van der Waals surface area contributed by atoms with Gasteiger partial charge in [-0.15, -0.1) is 5.73 Å². The number of carbonyl (C=O) groups is 1. The van der Waals surface area contributed by atoms with Crippen LogP contribution in [0.25, 0.3) is 0 Å². The van der Waals surface area contributed by atoms with Gasteiger partial charge in [0.2, 0.25) is 0 Å². The smallest absolute Gasteiger partial charge is 0.338 e. The summed E-state index contributed by atoms with van der Waals surface area (Å²) in [5.41, 5.74) is 3.79. The van der Waals surface area contributed by atoms with Crippen molar-refractivity contribution in [3.8, 4) is 0 Å². The van der Waals surface area contributed by atoms with E-state index in [-0.39, 0.29) is 5.97 Å². The van der Waals surface area contributed by atoms with Gasteiger partial charge < -0.3 is 4.74 Å². The van der Waals surface area contributed by atoms with Crippen molar-refractivity contribution >= 4 is 5.97 Å². The Morgan fingerprint density at radius 3 is 2.81 bits per heavy atom. The summed E-state index contributed by atoms with van der Waals surface area (Å²) < 4.78 is 5.03. The lowest BCUT2D eigenvalue weighted by atomic mass is 10.2. The zero-order valence-electron chi connectivity index (χ0n) is 9.48. The second kappa shape index (κ2) is 7.49. The molecule has 0 unspecified atom stereocenters. The van der Waals surface area contributed by atoms with Crippen LogP contribution in [-0.4, -0.2) is 5.97 Å². The first-order chi connectivity index (χ1) is 7.83. The molecule has 1 aromatic carbocycles. The maximum atomic E-state index is 11.2. The lowest BCUT2D eigenvalue weighted by molar-refractivity contribution is -0.138. The van der Waals surface area contributed by atoms with Crippen LogP contribution in [0.5, 0.6) is 0 Å². The number of hydrogen-bond donors (Lipinski definition) is 0. The summed E-state index contributed by atoms with van der Waals surface area (Å²) in [5.74, 6) is -0.351. The van der Waals surface area contributed by atoms with Crippen LogP contribution < -0.4 is 0 Å². The molecule has 0 bridgehead atoms. The highest BCUT2D eigenvalue weighted by molar-refractivity contribution is 5.81. The third kappa shape index (κ3) is 5.18. The molecule has 0 saturated carbocycles. The molecule has 0 fully saturated rings. The molecule has 0 saturated heterocycles. The van der Waals surface area contributed by atoms with E-state index in [9.17, 15) is 4.79 Å². The van der Waals surface area contributed by atoms with Crippen LogP contribution in [0.15, 0.2) is 48.2 Å². The average Bonchev–Trinajstić information content (AvgIpc) is 2.33. The zero-order valence-corrected chi connectivity index (χ0v) is 9.48.